The molecule has 0 bridgehead atoms. The summed E-state index contributed by atoms with van der Waals surface area (Å²) < 4.78 is 0. The third-order valence-corrected chi connectivity index (χ3v) is 1.96. The highest BCUT2D eigenvalue weighted by atomic mass is 16.3. The van der Waals surface area contributed by atoms with E-state index in [4.69, 9.17) is 5.73 Å². The molecule has 1 rings (SSSR count). The van der Waals surface area contributed by atoms with Crippen LogP contribution in [0.25, 0.3) is 0 Å². The van der Waals surface area contributed by atoms with Crippen LogP contribution in [0.15, 0.2) is 18.3 Å². The van der Waals surface area contributed by atoms with Gasteiger partial charge in [-0.25, -0.2) is 4.98 Å². The van der Waals surface area contributed by atoms with Crippen molar-refractivity contribution in [1.29, 1.82) is 0 Å². The molecule has 4 N–H and O–H groups in total. The number of pyridine rings is 1. The normalized spacial score (nSPS) is 12.1. The number of hydrogen-bond acceptors (Lipinski definition) is 4. The van der Waals surface area contributed by atoms with Gasteiger partial charge in [-0.3, -0.25) is 4.79 Å². The topological polar surface area (TPSA) is 88.2 Å². The van der Waals surface area contributed by atoms with Crippen molar-refractivity contribution in [3.05, 3.63) is 18.3 Å². The highest BCUT2D eigenvalue weighted by Crippen LogP contribution is 2.18. The van der Waals surface area contributed by atoms with Crippen molar-refractivity contribution >= 4 is 11.7 Å². The Labute approximate surface area is 88.3 Å². The lowest BCUT2D eigenvalue weighted by atomic mass is 10.2. The fraction of sp³-hybridized carbons (Fsp3) is 0.400. The van der Waals surface area contributed by atoms with Gasteiger partial charge in [0.25, 0.3) is 0 Å². The van der Waals surface area contributed by atoms with Crippen LogP contribution < -0.4 is 11.1 Å². The van der Waals surface area contributed by atoms with Gasteiger partial charge >= 0.3 is 0 Å². The molecule has 0 saturated carbocycles. The maximum atomic E-state index is 11.5. The number of carbonyl (C=O) groups excluding carboxylic acids is 1. The first-order valence-corrected chi connectivity index (χ1v) is 4.85. The number of carbonyl (C=O) groups is 1. The summed E-state index contributed by atoms with van der Waals surface area (Å²) in [6.07, 6.45) is 2.93. The smallest absolute Gasteiger partial charge is 0.242 e. The molecule has 0 radical (unpaired) electrons. The lowest BCUT2D eigenvalue weighted by molar-refractivity contribution is -0.117. The van der Waals surface area contributed by atoms with E-state index in [-0.39, 0.29) is 17.5 Å². The van der Waals surface area contributed by atoms with Gasteiger partial charge in [-0.1, -0.05) is 13.3 Å². The van der Waals surface area contributed by atoms with Crippen molar-refractivity contribution in [3.8, 4) is 5.75 Å². The second kappa shape index (κ2) is 5.31. The number of aromatic hydroxyl groups is 1. The first kappa shape index (κ1) is 11.5. The maximum Gasteiger partial charge on any atom is 0.242 e. The molecule has 0 unspecified atom stereocenters. The highest BCUT2D eigenvalue weighted by molar-refractivity contribution is 5.94. The number of nitrogens with two attached hydrogens (primary N) is 1. The fourth-order valence-electron chi connectivity index (χ4n) is 1.14. The number of aromatic nitrogens is 1. The summed E-state index contributed by atoms with van der Waals surface area (Å²) in [5.41, 5.74) is 5.60. The lowest BCUT2D eigenvalue weighted by Crippen LogP contribution is -2.35. The Bertz CT molecular complexity index is 341. The zero-order chi connectivity index (χ0) is 11.3. The van der Waals surface area contributed by atoms with Gasteiger partial charge < -0.3 is 16.2 Å². The van der Waals surface area contributed by atoms with Crippen molar-refractivity contribution in [2.75, 3.05) is 5.32 Å². The van der Waals surface area contributed by atoms with E-state index in [2.05, 4.69) is 10.3 Å². The Morgan fingerprint density at radius 2 is 2.47 bits per heavy atom. The Balaban J connectivity index is 2.62. The third-order valence-electron chi connectivity index (χ3n) is 1.96. The molecule has 82 valence electrons. The molecule has 0 aliphatic rings. The zero-order valence-corrected chi connectivity index (χ0v) is 8.60. The number of amides is 1. The number of anilines is 1. The van der Waals surface area contributed by atoms with Crippen molar-refractivity contribution in [3.63, 3.8) is 0 Å². The van der Waals surface area contributed by atoms with E-state index in [9.17, 15) is 9.90 Å². The first-order chi connectivity index (χ1) is 7.15. The molecule has 1 atom stereocenters. The van der Waals surface area contributed by atoms with Crippen LogP contribution in [0, 0.1) is 0 Å². The van der Waals surface area contributed by atoms with Crippen LogP contribution in [0.4, 0.5) is 5.82 Å². The van der Waals surface area contributed by atoms with Gasteiger partial charge in [0, 0.05) is 6.20 Å². The van der Waals surface area contributed by atoms with Crippen LogP contribution in [0.1, 0.15) is 19.8 Å². The van der Waals surface area contributed by atoms with Crippen molar-refractivity contribution in [1.82, 2.24) is 4.98 Å². The van der Waals surface area contributed by atoms with E-state index < -0.39 is 6.04 Å². The zero-order valence-electron chi connectivity index (χ0n) is 8.60. The Kier molecular flexibility index (Phi) is 4.05. The molecule has 0 aliphatic heterocycles. The fourth-order valence-corrected chi connectivity index (χ4v) is 1.14. The minimum Gasteiger partial charge on any atom is -0.504 e. The summed E-state index contributed by atoms with van der Waals surface area (Å²) >= 11 is 0. The van der Waals surface area contributed by atoms with E-state index in [1.807, 2.05) is 6.92 Å². The standard InChI is InChI=1S/C10H15N3O2/c1-2-4-7(11)10(15)13-9-8(14)5-3-6-12-9/h3,5-7,14H,2,4,11H2,1H3,(H,12,13,15)/t7-/m1/s1. The number of nitrogens with zero attached hydrogens (tertiary/aromatic N) is 1. The number of nitrogens with one attached hydrogen (secondary N) is 1. The molecular formula is C10H15N3O2. The lowest BCUT2D eigenvalue weighted by Gasteiger charge is -2.10. The molecule has 1 aromatic rings. The minimum absolute atomic E-state index is 0.0606. The van der Waals surface area contributed by atoms with Gasteiger partial charge in [-0.05, 0) is 18.6 Å². The van der Waals surface area contributed by atoms with E-state index >= 15 is 0 Å². The van der Waals surface area contributed by atoms with E-state index in [0.717, 1.165) is 6.42 Å². The van der Waals surface area contributed by atoms with Crippen LogP contribution in [-0.4, -0.2) is 22.0 Å². The molecule has 1 amide bonds. The minimum atomic E-state index is -0.559. The molecule has 5 nitrogen and oxygen atoms in total. The van der Waals surface area contributed by atoms with Crippen molar-refractivity contribution < 1.29 is 9.90 Å². The predicted octanol–water partition coefficient (Wildman–Crippen LogP) is 0.853. The summed E-state index contributed by atoms with van der Waals surface area (Å²) in [7, 11) is 0. The van der Waals surface area contributed by atoms with Crippen LogP contribution in [0.5, 0.6) is 5.75 Å². The quantitative estimate of drug-likeness (QED) is 0.686. The van der Waals surface area contributed by atoms with Gasteiger partial charge in [0.05, 0.1) is 6.04 Å². The molecule has 0 aliphatic carbocycles. The third kappa shape index (κ3) is 3.21. The molecule has 5 heteroatoms. The second-order valence-electron chi connectivity index (χ2n) is 3.26. The average Bonchev–Trinajstić information content (AvgIpc) is 2.21. The molecule has 1 aromatic heterocycles. The summed E-state index contributed by atoms with van der Waals surface area (Å²) in [6.45, 7) is 1.95. The number of rotatable bonds is 4. The molecular weight excluding hydrogens is 194 g/mol. The largest absolute Gasteiger partial charge is 0.504 e. The molecule has 0 spiro atoms. The molecule has 1 heterocycles. The summed E-state index contributed by atoms with van der Waals surface area (Å²) in [6, 6.07) is 2.47. The van der Waals surface area contributed by atoms with E-state index in [0.29, 0.717) is 6.42 Å². The second-order valence-corrected chi connectivity index (χ2v) is 3.26. The van der Waals surface area contributed by atoms with Crippen LogP contribution in [0.3, 0.4) is 0 Å². The van der Waals surface area contributed by atoms with Gasteiger partial charge in [-0.15, -0.1) is 0 Å². The van der Waals surface area contributed by atoms with Gasteiger partial charge in [0.2, 0.25) is 5.91 Å². The Morgan fingerprint density at radius 1 is 1.73 bits per heavy atom. The van der Waals surface area contributed by atoms with Gasteiger partial charge in [0.1, 0.15) is 0 Å². The van der Waals surface area contributed by atoms with Crippen molar-refractivity contribution in [2.24, 2.45) is 5.73 Å². The SMILES string of the molecule is CCC[C@@H](N)C(=O)Nc1ncccc1O. The highest BCUT2D eigenvalue weighted by Gasteiger charge is 2.14. The van der Waals surface area contributed by atoms with E-state index in [1.54, 1.807) is 6.07 Å². The predicted molar refractivity (Wildman–Crippen MR) is 57.4 cm³/mol. The monoisotopic (exact) mass is 209 g/mol. The summed E-state index contributed by atoms with van der Waals surface area (Å²) in [4.78, 5) is 15.3. The van der Waals surface area contributed by atoms with Gasteiger partial charge in [0.15, 0.2) is 11.6 Å². The van der Waals surface area contributed by atoms with E-state index in [1.165, 1.54) is 12.3 Å². The molecule has 0 fully saturated rings. The van der Waals surface area contributed by atoms with Crippen LogP contribution in [0.2, 0.25) is 0 Å². The summed E-state index contributed by atoms with van der Waals surface area (Å²) in [5.74, 6) is -0.241. The molecule has 15 heavy (non-hydrogen) atoms. The maximum absolute atomic E-state index is 11.5. The van der Waals surface area contributed by atoms with Crippen molar-refractivity contribution in [2.45, 2.75) is 25.8 Å². The Hall–Kier alpha value is -1.62. The van der Waals surface area contributed by atoms with Gasteiger partial charge in [-0.2, -0.15) is 0 Å². The molecule has 0 aromatic carbocycles. The average molecular weight is 209 g/mol. The van der Waals surface area contributed by atoms with Crippen LogP contribution in [-0.2, 0) is 4.79 Å². The number of hydrogen-bond donors (Lipinski definition) is 3. The molecule has 0 saturated heterocycles. The van der Waals surface area contributed by atoms with Crippen LogP contribution >= 0.6 is 0 Å². The Morgan fingerprint density at radius 3 is 3.07 bits per heavy atom. The summed E-state index contributed by atoms with van der Waals surface area (Å²) in [5, 5.41) is 11.8. The first-order valence-electron chi connectivity index (χ1n) is 4.85.